The van der Waals surface area contributed by atoms with Gasteiger partial charge in [0.1, 0.15) is 5.75 Å². The van der Waals surface area contributed by atoms with Crippen molar-refractivity contribution in [2.45, 2.75) is 45.1 Å². The molecule has 0 heterocycles. The van der Waals surface area contributed by atoms with Crippen LogP contribution in [0.25, 0.3) is 0 Å². The second-order valence-corrected chi connectivity index (χ2v) is 5.78. The van der Waals surface area contributed by atoms with Crippen molar-refractivity contribution in [1.82, 2.24) is 5.32 Å². The SMILES string of the molecule is CCC1CCC(NC(=O)C(=O)Nc2ccc(OC)cc2)CC1. The van der Waals surface area contributed by atoms with Crippen LogP contribution in [0.3, 0.4) is 0 Å². The highest BCUT2D eigenvalue weighted by Crippen LogP contribution is 2.26. The molecule has 2 amide bonds. The van der Waals surface area contributed by atoms with Gasteiger partial charge in [-0.25, -0.2) is 0 Å². The molecule has 0 aromatic heterocycles. The average molecular weight is 304 g/mol. The number of carbonyl (C=O) groups is 2. The van der Waals surface area contributed by atoms with Crippen molar-refractivity contribution < 1.29 is 14.3 Å². The van der Waals surface area contributed by atoms with Crippen molar-refractivity contribution in [2.75, 3.05) is 12.4 Å². The minimum atomic E-state index is -0.622. The molecule has 120 valence electrons. The van der Waals surface area contributed by atoms with Crippen LogP contribution in [0.5, 0.6) is 5.75 Å². The fraction of sp³-hybridized carbons (Fsp3) is 0.529. The lowest BCUT2D eigenvalue weighted by molar-refractivity contribution is -0.136. The van der Waals surface area contributed by atoms with E-state index in [0.717, 1.165) is 31.6 Å². The molecule has 0 saturated heterocycles. The molecule has 1 saturated carbocycles. The monoisotopic (exact) mass is 304 g/mol. The first kappa shape index (κ1) is 16.3. The van der Waals surface area contributed by atoms with Crippen LogP contribution in [0.15, 0.2) is 24.3 Å². The van der Waals surface area contributed by atoms with Crippen LogP contribution >= 0.6 is 0 Å². The van der Waals surface area contributed by atoms with Gasteiger partial charge in [-0.1, -0.05) is 13.3 Å². The molecule has 0 spiro atoms. The quantitative estimate of drug-likeness (QED) is 0.840. The Labute approximate surface area is 131 Å². The van der Waals surface area contributed by atoms with Crippen molar-refractivity contribution in [3.8, 4) is 5.75 Å². The van der Waals surface area contributed by atoms with Gasteiger partial charge in [0.2, 0.25) is 0 Å². The van der Waals surface area contributed by atoms with E-state index < -0.39 is 11.8 Å². The van der Waals surface area contributed by atoms with E-state index in [1.807, 2.05) is 0 Å². The summed E-state index contributed by atoms with van der Waals surface area (Å²) in [5.74, 6) is 0.287. The summed E-state index contributed by atoms with van der Waals surface area (Å²) >= 11 is 0. The highest BCUT2D eigenvalue weighted by Gasteiger charge is 2.23. The molecule has 1 aromatic carbocycles. The van der Waals surface area contributed by atoms with Gasteiger partial charge >= 0.3 is 11.8 Å². The van der Waals surface area contributed by atoms with E-state index in [1.54, 1.807) is 31.4 Å². The first-order valence-electron chi connectivity index (χ1n) is 7.88. The fourth-order valence-electron chi connectivity index (χ4n) is 2.83. The maximum atomic E-state index is 11.9. The van der Waals surface area contributed by atoms with Crippen molar-refractivity contribution in [1.29, 1.82) is 0 Å². The van der Waals surface area contributed by atoms with Gasteiger partial charge in [-0.3, -0.25) is 9.59 Å². The van der Waals surface area contributed by atoms with E-state index in [9.17, 15) is 9.59 Å². The van der Waals surface area contributed by atoms with Crippen molar-refractivity contribution in [2.24, 2.45) is 5.92 Å². The van der Waals surface area contributed by atoms with Crippen LogP contribution < -0.4 is 15.4 Å². The molecule has 1 aliphatic carbocycles. The molecule has 1 aliphatic rings. The van der Waals surface area contributed by atoms with Gasteiger partial charge in [-0.05, 0) is 55.9 Å². The van der Waals surface area contributed by atoms with Gasteiger partial charge in [0, 0.05) is 11.7 Å². The smallest absolute Gasteiger partial charge is 0.313 e. The molecule has 0 aliphatic heterocycles. The molecule has 0 radical (unpaired) electrons. The number of benzene rings is 1. The number of hydrogen-bond donors (Lipinski definition) is 2. The molecule has 5 nitrogen and oxygen atoms in total. The zero-order valence-electron chi connectivity index (χ0n) is 13.2. The van der Waals surface area contributed by atoms with Crippen molar-refractivity contribution in [3.05, 3.63) is 24.3 Å². The Bertz CT molecular complexity index is 505. The number of nitrogens with one attached hydrogen (secondary N) is 2. The Morgan fingerprint density at radius 1 is 1.09 bits per heavy atom. The zero-order chi connectivity index (χ0) is 15.9. The van der Waals surface area contributed by atoms with E-state index >= 15 is 0 Å². The summed E-state index contributed by atoms with van der Waals surface area (Å²) in [6.45, 7) is 2.20. The van der Waals surface area contributed by atoms with Crippen molar-refractivity contribution >= 4 is 17.5 Å². The molecule has 22 heavy (non-hydrogen) atoms. The molecular formula is C17H24N2O3. The third kappa shape index (κ3) is 4.48. The molecule has 1 aromatic rings. The summed E-state index contributed by atoms with van der Waals surface area (Å²) in [4.78, 5) is 23.8. The Kier molecular flexibility index (Phi) is 5.81. The number of methoxy groups -OCH3 is 1. The van der Waals surface area contributed by atoms with Crippen LogP contribution in [0.2, 0.25) is 0 Å². The minimum Gasteiger partial charge on any atom is -0.497 e. The number of ether oxygens (including phenoxy) is 1. The largest absolute Gasteiger partial charge is 0.497 e. The highest BCUT2D eigenvalue weighted by atomic mass is 16.5. The van der Waals surface area contributed by atoms with Crippen LogP contribution in [-0.4, -0.2) is 25.0 Å². The minimum absolute atomic E-state index is 0.122. The number of amides is 2. The van der Waals surface area contributed by atoms with E-state index in [2.05, 4.69) is 17.6 Å². The highest BCUT2D eigenvalue weighted by molar-refractivity contribution is 6.39. The molecule has 0 bridgehead atoms. The van der Waals surface area contributed by atoms with E-state index in [-0.39, 0.29) is 6.04 Å². The second kappa shape index (κ2) is 7.82. The van der Waals surface area contributed by atoms with Crippen LogP contribution in [0.4, 0.5) is 5.69 Å². The van der Waals surface area contributed by atoms with Gasteiger partial charge in [-0.15, -0.1) is 0 Å². The first-order valence-corrected chi connectivity index (χ1v) is 7.88. The zero-order valence-corrected chi connectivity index (χ0v) is 13.2. The van der Waals surface area contributed by atoms with Gasteiger partial charge < -0.3 is 15.4 Å². The number of rotatable bonds is 4. The summed E-state index contributed by atoms with van der Waals surface area (Å²) in [7, 11) is 1.58. The van der Waals surface area contributed by atoms with E-state index in [4.69, 9.17) is 4.74 Å². The second-order valence-electron chi connectivity index (χ2n) is 5.78. The maximum absolute atomic E-state index is 11.9. The van der Waals surface area contributed by atoms with Gasteiger partial charge in [0.05, 0.1) is 7.11 Å². The summed E-state index contributed by atoms with van der Waals surface area (Å²) in [6.07, 6.45) is 5.36. The third-order valence-electron chi connectivity index (χ3n) is 4.31. The van der Waals surface area contributed by atoms with Gasteiger partial charge in [0.25, 0.3) is 0 Å². The number of hydrogen-bond acceptors (Lipinski definition) is 3. The third-order valence-corrected chi connectivity index (χ3v) is 4.31. The Morgan fingerprint density at radius 2 is 1.73 bits per heavy atom. The lowest BCUT2D eigenvalue weighted by atomic mass is 9.84. The van der Waals surface area contributed by atoms with E-state index in [1.165, 1.54) is 6.42 Å². The average Bonchev–Trinajstić information content (AvgIpc) is 2.56. The van der Waals surface area contributed by atoms with Crippen LogP contribution in [0.1, 0.15) is 39.0 Å². The molecule has 2 N–H and O–H groups in total. The Hall–Kier alpha value is -2.04. The summed E-state index contributed by atoms with van der Waals surface area (Å²) in [5.41, 5.74) is 0.579. The molecule has 5 heteroatoms. The standard InChI is InChI=1S/C17H24N2O3/c1-3-12-4-6-13(7-5-12)18-16(20)17(21)19-14-8-10-15(22-2)11-9-14/h8-13H,3-7H2,1-2H3,(H,18,20)(H,19,21). The predicted molar refractivity (Wildman–Crippen MR) is 85.8 cm³/mol. The number of carbonyl (C=O) groups excluding carboxylic acids is 2. The number of anilines is 1. The summed E-state index contributed by atoms with van der Waals surface area (Å²) < 4.78 is 5.05. The van der Waals surface area contributed by atoms with Gasteiger partial charge in [-0.2, -0.15) is 0 Å². The van der Waals surface area contributed by atoms with Gasteiger partial charge in [0.15, 0.2) is 0 Å². The molecule has 1 fully saturated rings. The maximum Gasteiger partial charge on any atom is 0.313 e. The summed E-state index contributed by atoms with van der Waals surface area (Å²) in [5, 5.41) is 5.43. The van der Waals surface area contributed by atoms with Crippen LogP contribution in [0, 0.1) is 5.92 Å². The fourth-order valence-corrected chi connectivity index (χ4v) is 2.83. The predicted octanol–water partition coefficient (Wildman–Crippen LogP) is 2.72. The Morgan fingerprint density at radius 3 is 2.27 bits per heavy atom. The molecule has 0 unspecified atom stereocenters. The topological polar surface area (TPSA) is 67.4 Å². The molecule has 2 rings (SSSR count). The molecule has 0 atom stereocenters. The lowest BCUT2D eigenvalue weighted by Crippen LogP contribution is -2.43. The Balaban J connectivity index is 1.80. The van der Waals surface area contributed by atoms with Crippen LogP contribution in [-0.2, 0) is 9.59 Å². The van der Waals surface area contributed by atoms with Crippen molar-refractivity contribution in [3.63, 3.8) is 0 Å². The summed E-state index contributed by atoms with van der Waals surface area (Å²) in [6, 6.07) is 7.00. The lowest BCUT2D eigenvalue weighted by Gasteiger charge is -2.28. The van der Waals surface area contributed by atoms with E-state index in [0.29, 0.717) is 11.4 Å². The normalized spacial score (nSPS) is 21.0. The first-order chi connectivity index (χ1) is 10.6. The molecular weight excluding hydrogens is 280 g/mol.